The molecule has 1 aliphatic carbocycles. The van der Waals surface area contributed by atoms with Gasteiger partial charge in [0.05, 0.1) is 6.10 Å². The smallest absolute Gasteiger partial charge is 0.227 e. The van der Waals surface area contributed by atoms with Gasteiger partial charge in [0.1, 0.15) is 11.8 Å². The summed E-state index contributed by atoms with van der Waals surface area (Å²) in [5.74, 6) is 2.46. The highest BCUT2D eigenvalue weighted by Crippen LogP contribution is 2.45. The van der Waals surface area contributed by atoms with Crippen molar-refractivity contribution in [3.05, 3.63) is 77.0 Å². The van der Waals surface area contributed by atoms with Gasteiger partial charge in [0.2, 0.25) is 11.1 Å². The number of allylic oxidation sites excluding steroid dienone is 2. The number of anilines is 1. The Labute approximate surface area is 204 Å². The van der Waals surface area contributed by atoms with E-state index in [0.29, 0.717) is 17.5 Å². The Bertz CT molecular complexity index is 1230. The monoisotopic (exact) mass is 474 g/mol. The van der Waals surface area contributed by atoms with Crippen molar-refractivity contribution in [2.45, 2.75) is 63.6 Å². The van der Waals surface area contributed by atoms with Crippen LogP contribution in [0.5, 0.6) is 5.75 Å². The van der Waals surface area contributed by atoms with Crippen LogP contribution < -0.4 is 10.1 Å². The minimum absolute atomic E-state index is 0.0878. The summed E-state index contributed by atoms with van der Waals surface area (Å²) < 4.78 is 7.71. The van der Waals surface area contributed by atoms with Crippen LogP contribution in [0.25, 0.3) is 0 Å². The molecule has 34 heavy (non-hydrogen) atoms. The molecule has 2 aromatic carbocycles. The van der Waals surface area contributed by atoms with E-state index in [0.717, 1.165) is 34.8 Å². The molecule has 6 nitrogen and oxygen atoms in total. The number of nitrogens with one attached hydrogen (secondary N) is 1. The first-order chi connectivity index (χ1) is 16.3. The number of ether oxygens (including phenoxy) is 1. The van der Waals surface area contributed by atoms with Crippen LogP contribution in [0.2, 0.25) is 0 Å². The molecule has 3 aromatic rings. The van der Waals surface area contributed by atoms with Gasteiger partial charge in [-0.2, -0.15) is 4.98 Å². The van der Waals surface area contributed by atoms with E-state index >= 15 is 0 Å². The summed E-state index contributed by atoms with van der Waals surface area (Å²) in [6, 6.07) is 18.0. The number of hydrogen-bond acceptors (Lipinski definition) is 6. The predicted molar refractivity (Wildman–Crippen MR) is 135 cm³/mol. The van der Waals surface area contributed by atoms with Crippen LogP contribution in [0, 0.1) is 5.41 Å². The minimum Gasteiger partial charge on any atom is -0.491 e. The Morgan fingerprint density at radius 3 is 2.56 bits per heavy atom. The number of hydrogen-bond donors (Lipinski definition) is 1. The van der Waals surface area contributed by atoms with Crippen LogP contribution in [0.1, 0.15) is 57.7 Å². The van der Waals surface area contributed by atoms with E-state index in [2.05, 4.69) is 31.3 Å². The number of nitrogens with zero attached hydrogens (tertiary/aromatic N) is 3. The van der Waals surface area contributed by atoms with Crippen molar-refractivity contribution in [1.82, 2.24) is 14.8 Å². The topological polar surface area (TPSA) is 69.0 Å². The number of Topliss-reactive ketones (excluding diaryl/α,β-unsaturated/α-hetero) is 1. The molecule has 0 saturated heterocycles. The van der Waals surface area contributed by atoms with Crippen molar-refractivity contribution in [3.63, 3.8) is 0 Å². The van der Waals surface area contributed by atoms with Gasteiger partial charge in [-0.25, -0.2) is 4.68 Å². The van der Waals surface area contributed by atoms with Crippen LogP contribution in [0.4, 0.5) is 5.95 Å². The Morgan fingerprint density at radius 2 is 1.85 bits per heavy atom. The maximum atomic E-state index is 13.4. The zero-order chi connectivity index (χ0) is 23.9. The summed E-state index contributed by atoms with van der Waals surface area (Å²) in [5, 5.41) is 8.99. The van der Waals surface area contributed by atoms with Crippen molar-refractivity contribution >= 4 is 23.5 Å². The van der Waals surface area contributed by atoms with Crippen LogP contribution in [0.15, 0.2) is 71.0 Å². The first-order valence-corrected chi connectivity index (χ1v) is 12.7. The molecule has 1 unspecified atom stereocenters. The van der Waals surface area contributed by atoms with Crippen LogP contribution in [-0.2, 0) is 10.5 Å². The number of carbonyl (C=O) groups excluding carboxylic acids is 1. The lowest BCUT2D eigenvalue weighted by molar-refractivity contribution is -0.118. The van der Waals surface area contributed by atoms with E-state index in [-0.39, 0.29) is 23.3 Å². The number of carbonyl (C=O) groups is 1. The molecule has 0 radical (unpaired) electrons. The van der Waals surface area contributed by atoms with Gasteiger partial charge < -0.3 is 10.1 Å². The van der Waals surface area contributed by atoms with E-state index in [1.807, 2.05) is 61.0 Å². The average Bonchev–Trinajstić information content (AvgIpc) is 3.19. The van der Waals surface area contributed by atoms with Crippen LogP contribution >= 0.6 is 11.8 Å². The highest BCUT2D eigenvalue weighted by Gasteiger charge is 2.41. The van der Waals surface area contributed by atoms with E-state index in [9.17, 15) is 4.79 Å². The van der Waals surface area contributed by atoms with Crippen molar-refractivity contribution in [1.29, 1.82) is 0 Å². The van der Waals surface area contributed by atoms with Gasteiger partial charge in [-0.15, -0.1) is 5.10 Å². The fourth-order valence-corrected chi connectivity index (χ4v) is 5.47. The van der Waals surface area contributed by atoms with Crippen molar-refractivity contribution < 1.29 is 9.53 Å². The lowest BCUT2D eigenvalue weighted by Gasteiger charge is -2.38. The molecular formula is C27H30N4O2S. The first kappa shape index (κ1) is 22.7. The van der Waals surface area contributed by atoms with Crippen molar-refractivity contribution in [3.8, 4) is 5.75 Å². The Balaban J connectivity index is 1.51. The standard InChI is InChI=1S/C27H30N4O2S/c1-17(2)33-20-12-10-19(11-13-20)24-23-21(14-27(3,4)15-22(23)32)28-25-29-26(30-31(24)25)34-16-18-8-6-5-7-9-18/h5-13,17,24H,14-16H2,1-4H3,(H,28,29,30). The van der Waals surface area contributed by atoms with E-state index in [1.54, 1.807) is 11.8 Å². The lowest BCUT2D eigenvalue weighted by atomic mass is 9.73. The Morgan fingerprint density at radius 1 is 1.12 bits per heavy atom. The van der Waals surface area contributed by atoms with Gasteiger partial charge >= 0.3 is 0 Å². The summed E-state index contributed by atoms with van der Waals surface area (Å²) in [6.45, 7) is 8.31. The molecule has 0 fully saturated rings. The number of fused-ring (bicyclic) bond motifs is 1. The van der Waals surface area contributed by atoms with Crippen molar-refractivity contribution in [2.24, 2.45) is 5.41 Å². The number of rotatable bonds is 6. The summed E-state index contributed by atoms with van der Waals surface area (Å²) in [6.07, 6.45) is 1.43. The van der Waals surface area contributed by atoms with Gasteiger partial charge in [0.15, 0.2) is 5.78 Å². The van der Waals surface area contributed by atoms with Gasteiger partial charge in [0, 0.05) is 23.4 Å². The molecule has 176 valence electrons. The molecule has 0 amide bonds. The normalized spacial score (nSPS) is 19.0. The molecule has 0 bridgehead atoms. The predicted octanol–water partition coefficient (Wildman–Crippen LogP) is 6.02. The lowest BCUT2D eigenvalue weighted by Crippen LogP contribution is -2.36. The summed E-state index contributed by atoms with van der Waals surface area (Å²) in [7, 11) is 0. The van der Waals surface area contributed by atoms with Crippen molar-refractivity contribution in [2.75, 3.05) is 5.32 Å². The number of thioether (sulfide) groups is 1. The molecule has 0 saturated carbocycles. The second kappa shape index (κ2) is 8.95. The van der Waals surface area contributed by atoms with Gasteiger partial charge in [0.25, 0.3) is 0 Å². The third-order valence-electron chi connectivity index (χ3n) is 6.09. The molecule has 0 spiro atoms. The fraction of sp³-hybridized carbons (Fsp3) is 0.370. The van der Waals surface area contributed by atoms with Gasteiger partial charge in [-0.05, 0) is 48.9 Å². The van der Waals surface area contributed by atoms with E-state index in [4.69, 9.17) is 14.8 Å². The van der Waals surface area contributed by atoms with Crippen LogP contribution in [-0.4, -0.2) is 26.7 Å². The highest BCUT2D eigenvalue weighted by molar-refractivity contribution is 7.98. The van der Waals surface area contributed by atoms with E-state index in [1.165, 1.54) is 5.56 Å². The quantitative estimate of drug-likeness (QED) is 0.441. The number of aromatic nitrogens is 3. The van der Waals surface area contributed by atoms with Gasteiger partial charge in [-0.3, -0.25) is 4.79 Å². The SMILES string of the molecule is CC(C)Oc1ccc(C2C3=C(CC(C)(C)CC3=O)Nc3nc(SCc4ccccc4)nn32)cc1. The maximum absolute atomic E-state index is 13.4. The molecular weight excluding hydrogens is 444 g/mol. The fourth-order valence-electron chi connectivity index (χ4n) is 4.68. The van der Waals surface area contributed by atoms with Gasteiger partial charge in [-0.1, -0.05) is 68.1 Å². The second-order valence-corrected chi connectivity index (χ2v) is 11.0. The third kappa shape index (κ3) is 4.62. The maximum Gasteiger partial charge on any atom is 0.227 e. The largest absolute Gasteiger partial charge is 0.491 e. The molecule has 1 aromatic heterocycles. The Kier molecular flexibility index (Phi) is 5.98. The molecule has 1 N–H and O–H groups in total. The molecule has 5 rings (SSSR count). The Hall–Kier alpha value is -3.06. The molecule has 7 heteroatoms. The number of ketones is 1. The first-order valence-electron chi connectivity index (χ1n) is 11.7. The summed E-state index contributed by atoms with van der Waals surface area (Å²) >= 11 is 1.60. The van der Waals surface area contributed by atoms with E-state index < -0.39 is 0 Å². The molecule has 1 aliphatic heterocycles. The minimum atomic E-state index is -0.304. The van der Waals surface area contributed by atoms with Crippen LogP contribution in [0.3, 0.4) is 0 Å². The average molecular weight is 475 g/mol. The summed E-state index contributed by atoms with van der Waals surface area (Å²) in [5.41, 5.74) is 3.90. The third-order valence-corrected chi connectivity index (χ3v) is 7.00. The zero-order valence-electron chi connectivity index (χ0n) is 20.0. The number of benzene rings is 2. The molecule has 2 aliphatic rings. The molecule has 2 heterocycles. The second-order valence-electron chi connectivity index (χ2n) is 10.0. The summed E-state index contributed by atoms with van der Waals surface area (Å²) in [4.78, 5) is 18.2. The molecule has 1 atom stereocenters. The highest BCUT2D eigenvalue weighted by atomic mass is 32.2. The zero-order valence-corrected chi connectivity index (χ0v) is 20.9.